The maximum atomic E-state index is 11.0. The molecule has 3 aromatic carbocycles. The van der Waals surface area contributed by atoms with Gasteiger partial charge in [-0.1, -0.05) is 17.7 Å². The quantitative estimate of drug-likeness (QED) is 0.671. The molecule has 0 atom stereocenters. The molecule has 6 nitrogen and oxygen atoms in total. The lowest BCUT2D eigenvalue weighted by molar-refractivity contribution is 0.173. The third-order valence-corrected chi connectivity index (χ3v) is 5.58. The first-order valence-corrected chi connectivity index (χ1v) is 9.80. The minimum absolute atomic E-state index is 0.119. The molecule has 2 aliphatic rings. The van der Waals surface area contributed by atoms with Crippen molar-refractivity contribution >= 4 is 0 Å². The van der Waals surface area contributed by atoms with Gasteiger partial charge in [-0.05, 0) is 54.3 Å². The number of fused-ring (bicyclic) bond motifs is 2. The van der Waals surface area contributed by atoms with E-state index in [-0.39, 0.29) is 25.1 Å². The van der Waals surface area contributed by atoms with Gasteiger partial charge in [-0.2, -0.15) is 0 Å². The van der Waals surface area contributed by atoms with Crippen LogP contribution < -0.4 is 18.9 Å². The van der Waals surface area contributed by atoms with Crippen LogP contribution in [0.1, 0.15) is 33.4 Å². The topological polar surface area (TPSA) is 77.4 Å². The lowest BCUT2D eigenvalue weighted by atomic mass is 9.93. The van der Waals surface area contributed by atoms with E-state index < -0.39 is 0 Å². The van der Waals surface area contributed by atoms with Crippen LogP contribution in [0.3, 0.4) is 0 Å². The molecule has 0 saturated carbocycles. The van der Waals surface area contributed by atoms with Crippen LogP contribution in [-0.2, 0) is 12.8 Å². The zero-order chi connectivity index (χ0) is 20.8. The zero-order valence-electron chi connectivity index (χ0n) is 16.8. The predicted molar refractivity (Wildman–Crippen MR) is 110 cm³/mol. The van der Waals surface area contributed by atoms with Gasteiger partial charge in [0.2, 0.25) is 13.6 Å². The van der Waals surface area contributed by atoms with Crippen LogP contribution in [0.25, 0.3) is 0 Å². The van der Waals surface area contributed by atoms with Crippen LogP contribution in [0.4, 0.5) is 0 Å². The lowest BCUT2D eigenvalue weighted by Crippen LogP contribution is -1.98. The van der Waals surface area contributed by atoms with E-state index in [1.54, 1.807) is 12.1 Å². The largest absolute Gasteiger partial charge is 0.508 e. The van der Waals surface area contributed by atoms with E-state index in [0.29, 0.717) is 29.9 Å². The van der Waals surface area contributed by atoms with Crippen LogP contribution in [0.2, 0.25) is 0 Å². The predicted octanol–water partition coefficient (Wildman–Crippen LogP) is 4.35. The molecule has 0 saturated heterocycles. The first-order valence-electron chi connectivity index (χ1n) is 9.80. The number of ether oxygens (including phenoxy) is 4. The van der Waals surface area contributed by atoms with Gasteiger partial charge in [-0.25, -0.2) is 0 Å². The molecular weight excluding hydrogens is 384 g/mol. The summed E-state index contributed by atoms with van der Waals surface area (Å²) in [6, 6.07) is 11.2. The number of phenolic OH excluding ortho intramolecular Hbond substituents is 2. The first-order chi connectivity index (χ1) is 14.5. The molecule has 0 spiro atoms. The molecule has 0 amide bonds. The third-order valence-electron chi connectivity index (χ3n) is 5.58. The molecule has 2 N–H and O–H groups in total. The molecule has 0 bridgehead atoms. The minimum Gasteiger partial charge on any atom is -0.508 e. The van der Waals surface area contributed by atoms with E-state index >= 15 is 0 Å². The molecule has 30 heavy (non-hydrogen) atoms. The number of aryl methyl sites for hydroxylation is 2. The molecule has 0 aliphatic carbocycles. The second-order valence-electron chi connectivity index (χ2n) is 7.75. The fourth-order valence-corrected chi connectivity index (χ4v) is 4.01. The number of hydrogen-bond acceptors (Lipinski definition) is 6. The Labute approximate surface area is 174 Å². The average Bonchev–Trinajstić information content (AvgIpc) is 3.34. The van der Waals surface area contributed by atoms with Gasteiger partial charge in [0.1, 0.15) is 11.5 Å². The lowest BCUT2D eigenvalue weighted by Gasteiger charge is -2.14. The van der Waals surface area contributed by atoms with Crippen LogP contribution in [0.5, 0.6) is 34.5 Å². The van der Waals surface area contributed by atoms with Gasteiger partial charge in [-0.3, -0.25) is 0 Å². The van der Waals surface area contributed by atoms with Crippen molar-refractivity contribution in [3.05, 3.63) is 69.8 Å². The number of aromatic hydroxyl groups is 2. The number of phenols is 2. The van der Waals surface area contributed by atoms with Crippen LogP contribution in [-0.4, -0.2) is 23.8 Å². The van der Waals surface area contributed by atoms with Gasteiger partial charge in [0, 0.05) is 24.5 Å². The summed E-state index contributed by atoms with van der Waals surface area (Å²) in [7, 11) is 0. The molecule has 154 valence electrons. The summed E-state index contributed by atoms with van der Waals surface area (Å²) in [5.74, 6) is 2.97. The highest BCUT2D eigenvalue weighted by molar-refractivity contribution is 5.56. The molecule has 2 heterocycles. The smallest absolute Gasteiger partial charge is 0.231 e. The molecular formula is C24H22O6. The Kier molecular flexibility index (Phi) is 4.35. The van der Waals surface area contributed by atoms with E-state index in [0.717, 1.165) is 39.3 Å². The van der Waals surface area contributed by atoms with Gasteiger partial charge in [0.15, 0.2) is 23.0 Å². The van der Waals surface area contributed by atoms with Gasteiger partial charge in [-0.15, -0.1) is 0 Å². The average molecular weight is 406 g/mol. The van der Waals surface area contributed by atoms with Crippen LogP contribution in [0.15, 0.2) is 36.4 Å². The Bertz CT molecular complexity index is 1060. The third kappa shape index (κ3) is 3.24. The monoisotopic (exact) mass is 406 g/mol. The van der Waals surface area contributed by atoms with E-state index in [9.17, 15) is 10.2 Å². The highest BCUT2D eigenvalue weighted by Gasteiger charge is 2.20. The van der Waals surface area contributed by atoms with E-state index in [2.05, 4.69) is 0 Å². The Morgan fingerprint density at radius 1 is 0.633 bits per heavy atom. The Morgan fingerprint density at radius 3 is 1.77 bits per heavy atom. The van der Waals surface area contributed by atoms with Gasteiger partial charge < -0.3 is 29.2 Å². The Balaban J connectivity index is 1.48. The second-order valence-corrected chi connectivity index (χ2v) is 7.75. The highest BCUT2D eigenvalue weighted by Crippen LogP contribution is 2.40. The van der Waals surface area contributed by atoms with Crippen LogP contribution >= 0.6 is 0 Å². The highest BCUT2D eigenvalue weighted by atomic mass is 16.7. The molecule has 0 unspecified atom stereocenters. The van der Waals surface area contributed by atoms with Crippen molar-refractivity contribution in [2.75, 3.05) is 13.6 Å². The molecule has 0 aromatic heterocycles. The van der Waals surface area contributed by atoms with Crippen molar-refractivity contribution in [2.24, 2.45) is 0 Å². The van der Waals surface area contributed by atoms with E-state index in [1.165, 1.54) is 0 Å². The van der Waals surface area contributed by atoms with Crippen molar-refractivity contribution in [1.29, 1.82) is 0 Å². The number of benzene rings is 3. The molecule has 3 aromatic rings. The van der Waals surface area contributed by atoms with Crippen molar-refractivity contribution in [3.63, 3.8) is 0 Å². The fraction of sp³-hybridized carbons (Fsp3) is 0.250. The SMILES string of the molecule is Cc1cc(Cc2cc3c(cc2C)OCO3)c(O)c(Cc2cc3c(cc2O)OCO3)c1. The van der Waals surface area contributed by atoms with Gasteiger partial charge in [0.05, 0.1) is 0 Å². The normalized spacial score (nSPS) is 13.7. The van der Waals surface area contributed by atoms with E-state index in [1.807, 2.05) is 38.1 Å². The van der Waals surface area contributed by atoms with E-state index in [4.69, 9.17) is 18.9 Å². The standard InChI is InChI=1S/C24H22O6/c1-13-3-17(6-15-8-21-20(5-14(15)2)27-11-28-21)24(26)18(4-13)7-16-9-22-23(10-19(16)25)30-12-29-22/h3-5,8-10,25-26H,6-7,11-12H2,1-2H3. The van der Waals surface area contributed by atoms with Crippen molar-refractivity contribution < 1.29 is 29.2 Å². The number of rotatable bonds is 4. The molecule has 0 radical (unpaired) electrons. The minimum atomic E-state index is 0.119. The Morgan fingerprint density at radius 2 is 1.13 bits per heavy atom. The number of hydrogen-bond donors (Lipinski definition) is 2. The fourth-order valence-electron chi connectivity index (χ4n) is 4.01. The summed E-state index contributed by atoms with van der Waals surface area (Å²) in [5, 5.41) is 21.4. The summed E-state index contributed by atoms with van der Waals surface area (Å²) in [4.78, 5) is 0. The second kappa shape index (κ2) is 7.06. The zero-order valence-corrected chi connectivity index (χ0v) is 16.8. The van der Waals surface area contributed by atoms with Crippen molar-refractivity contribution in [2.45, 2.75) is 26.7 Å². The molecule has 6 heteroatoms. The maximum absolute atomic E-state index is 11.0. The summed E-state index contributed by atoms with van der Waals surface area (Å²) >= 11 is 0. The summed E-state index contributed by atoms with van der Waals surface area (Å²) < 4.78 is 21.7. The maximum Gasteiger partial charge on any atom is 0.231 e. The summed E-state index contributed by atoms with van der Waals surface area (Å²) in [5.41, 5.74) is 5.43. The summed E-state index contributed by atoms with van der Waals surface area (Å²) in [6.45, 7) is 4.40. The van der Waals surface area contributed by atoms with Crippen molar-refractivity contribution in [1.82, 2.24) is 0 Å². The molecule has 2 aliphatic heterocycles. The summed E-state index contributed by atoms with van der Waals surface area (Å²) in [6.07, 6.45) is 0.944. The van der Waals surface area contributed by atoms with Crippen LogP contribution in [0, 0.1) is 13.8 Å². The molecule has 5 rings (SSSR count). The first kappa shape index (κ1) is 18.5. The Hall–Kier alpha value is -3.54. The molecule has 0 fully saturated rings. The van der Waals surface area contributed by atoms with Gasteiger partial charge >= 0.3 is 0 Å². The van der Waals surface area contributed by atoms with Crippen molar-refractivity contribution in [3.8, 4) is 34.5 Å². The van der Waals surface area contributed by atoms with Gasteiger partial charge in [0.25, 0.3) is 0 Å².